The second-order valence-corrected chi connectivity index (χ2v) is 21.7. The van der Waals surface area contributed by atoms with E-state index in [4.69, 9.17) is 5.53 Å². The summed E-state index contributed by atoms with van der Waals surface area (Å²) in [6.45, 7) is 6.44. The van der Waals surface area contributed by atoms with E-state index in [-0.39, 0.29) is 54.6 Å². The zero-order valence-electron chi connectivity index (χ0n) is 34.6. The predicted octanol–water partition coefficient (Wildman–Crippen LogP) is 5.65. The molecule has 0 saturated heterocycles. The molecule has 2 aliphatic heterocycles. The van der Waals surface area contributed by atoms with E-state index in [0.29, 0.717) is 72.6 Å². The Bertz CT molecular complexity index is 2650. The van der Waals surface area contributed by atoms with Gasteiger partial charge in [-0.15, -0.1) is 0 Å². The van der Waals surface area contributed by atoms with Gasteiger partial charge in [0, 0.05) is 71.9 Å². The van der Waals surface area contributed by atoms with Crippen molar-refractivity contribution in [3.05, 3.63) is 94.0 Å². The third-order valence-electron chi connectivity index (χ3n) is 10.9. The summed E-state index contributed by atoms with van der Waals surface area (Å²) >= 11 is 0. The molecule has 0 spiro atoms. The van der Waals surface area contributed by atoms with Gasteiger partial charge >= 0.3 is 0 Å². The van der Waals surface area contributed by atoms with Crippen LogP contribution in [0.2, 0.25) is 0 Å². The minimum Gasteiger partial charge on any atom is -0.356 e. The molecular formula is C39H53N6O13S4+. The van der Waals surface area contributed by atoms with Gasteiger partial charge in [-0.2, -0.15) is 38.2 Å². The molecule has 0 radical (unpaired) electrons. The molecule has 19 nitrogen and oxygen atoms in total. The quantitative estimate of drug-likeness (QED) is 0.0171. The summed E-state index contributed by atoms with van der Waals surface area (Å²) in [4.78, 5) is 16.2. The monoisotopic (exact) mass is 941 g/mol. The number of allylic oxidation sites excluding steroid dienone is 6. The molecule has 2 aromatic rings. The van der Waals surface area contributed by atoms with Crippen LogP contribution in [0.25, 0.3) is 10.4 Å². The van der Waals surface area contributed by atoms with E-state index in [1.165, 1.54) is 36.4 Å². The van der Waals surface area contributed by atoms with Gasteiger partial charge in [0.1, 0.15) is 6.54 Å². The van der Waals surface area contributed by atoms with Crippen LogP contribution in [-0.4, -0.2) is 106 Å². The van der Waals surface area contributed by atoms with Crippen molar-refractivity contribution in [2.24, 2.45) is 5.11 Å². The number of amides is 1. The first kappa shape index (κ1) is 50.2. The SMILES string of the molecule is CC1(C)C(/C=C/C=C/C=C2/N(CCCS(=O)(=O)O)c3ccc(S(=O)(=O)O)cc3C2(C)CCCCCC(=O)NCCCN=[N+]=[N-])=[N+](CCCS(=O)(=O)O)c2ccc(S(=O)(=O)O)cc21. The Hall–Kier alpha value is -4.45. The highest BCUT2D eigenvalue weighted by atomic mass is 32.2. The van der Waals surface area contributed by atoms with Gasteiger partial charge in [-0.1, -0.05) is 36.2 Å². The molecule has 0 fully saturated rings. The van der Waals surface area contributed by atoms with Crippen LogP contribution in [0.15, 0.2) is 87.4 Å². The average molecular weight is 942 g/mol. The van der Waals surface area contributed by atoms with Crippen LogP contribution in [0.4, 0.5) is 11.4 Å². The first-order chi connectivity index (χ1) is 28.8. The Morgan fingerprint density at radius 2 is 1.44 bits per heavy atom. The van der Waals surface area contributed by atoms with Crippen LogP contribution in [-0.2, 0) is 56.1 Å². The Kier molecular flexibility index (Phi) is 16.5. The Morgan fingerprint density at radius 1 is 0.806 bits per heavy atom. The normalized spacial score (nSPS) is 18.4. The largest absolute Gasteiger partial charge is 0.356 e. The minimum absolute atomic E-state index is 0.00795. The lowest BCUT2D eigenvalue weighted by molar-refractivity contribution is -0.437. The van der Waals surface area contributed by atoms with Crippen LogP contribution in [0.5, 0.6) is 0 Å². The number of anilines is 1. The van der Waals surface area contributed by atoms with E-state index in [0.717, 1.165) is 0 Å². The Morgan fingerprint density at radius 3 is 2.06 bits per heavy atom. The van der Waals surface area contributed by atoms with Gasteiger partial charge in [0.15, 0.2) is 5.71 Å². The molecule has 0 aliphatic carbocycles. The number of nitrogens with one attached hydrogen (secondary N) is 1. The molecule has 2 aromatic carbocycles. The van der Waals surface area contributed by atoms with Gasteiger partial charge in [-0.05, 0) is 94.0 Å². The zero-order valence-corrected chi connectivity index (χ0v) is 37.8. The molecule has 62 heavy (non-hydrogen) atoms. The number of carbonyl (C=O) groups is 1. The standard InChI is InChI=1S/C39H52N6O13S4/c1-38(2)31-27-29(61(53,54)55)16-18-33(31)44(23-11-25-59(47,48)49)35(38)13-6-4-7-14-36-39(3,20-9-5-8-15-37(46)41-21-10-22-42-43-40)32-28-30(62(56,57)58)17-19-34(32)45(36)24-12-26-60(50,51)52/h4,6-7,13-14,16-19,27-28H,5,8-12,15,20-26H2,1-3H3,(H4-,41,46,47,48,49,50,51,52,53,54,55,56,57,58)/p+1. The highest BCUT2D eigenvalue weighted by Crippen LogP contribution is 2.51. The van der Waals surface area contributed by atoms with E-state index in [9.17, 15) is 56.7 Å². The van der Waals surface area contributed by atoms with Crippen molar-refractivity contribution in [2.75, 3.05) is 42.6 Å². The molecule has 4 rings (SSSR count). The van der Waals surface area contributed by atoms with E-state index in [1.807, 2.05) is 25.7 Å². The number of nitrogens with zero attached hydrogens (tertiary/aromatic N) is 5. The van der Waals surface area contributed by atoms with Gasteiger partial charge in [-0.3, -0.25) is 23.0 Å². The van der Waals surface area contributed by atoms with Gasteiger partial charge in [0.2, 0.25) is 11.6 Å². The Balaban J connectivity index is 1.70. The number of benzene rings is 2. The molecule has 1 unspecified atom stereocenters. The fourth-order valence-electron chi connectivity index (χ4n) is 7.87. The van der Waals surface area contributed by atoms with Gasteiger partial charge < -0.3 is 10.2 Å². The third-order valence-corrected chi connectivity index (χ3v) is 14.2. The van der Waals surface area contributed by atoms with E-state index < -0.39 is 62.8 Å². The van der Waals surface area contributed by atoms with E-state index in [1.54, 1.807) is 35.0 Å². The van der Waals surface area contributed by atoms with Crippen LogP contribution in [0.1, 0.15) is 83.3 Å². The van der Waals surface area contributed by atoms with Crippen LogP contribution < -0.4 is 10.2 Å². The Labute approximate surface area is 362 Å². The summed E-state index contributed by atoms with van der Waals surface area (Å²) in [6, 6.07) is 8.27. The minimum atomic E-state index is -4.62. The lowest BCUT2D eigenvalue weighted by Crippen LogP contribution is -2.30. The summed E-state index contributed by atoms with van der Waals surface area (Å²) in [7, 11) is -17.8. The van der Waals surface area contributed by atoms with Crippen LogP contribution in [0.3, 0.4) is 0 Å². The summed E-state index contributed by atoms with van der Waals surface area (Å²) in [6.07, 6.45) is 11.7. The van der Waals surface area contributed by atoms with E-state index >= 15 is 0 Å². The second-order valence-electron chi connectivity index (χ2n) is 15.7. The number of azide groups is 1. The smallest absolute Gasteiger partial charge is 0.294 e. The number of rotatable bonds is 23. The topological polar surface area (TPSA) is 302 Å². The maximum absolute atomic E-state index is 12.4. The van der Waals surface area contributed by atoms with E-state index in [2.05, 4.69) is 15.3 Å². The number of hydrogen-bond donors (Lipinski definition) is 5. The number of fused-ring (bicyclic) bond motifs is 2. The summed E-state index contributed by atoms with van der Waals surface area (Å²) in [5, 5.41) is 6.22. The predicted molar refractivity (Wildman–Crippen MR) is 233 cm³/mol. The molecule has 5 N–H and O–H groups in total. The number of carbonyl (C=O) groups excluding carboxylic acids is 1. The second kappa shape index (κ2) is 20.4. The maximum atomic E-state index is 12.4. The van der Waals surface area contributed by atoms with Gasteiger partial charge in [0.05, 0.1) is 26.7 Å². The molecule has 2 aliphatic rings. The van der Waals surface area contributed by atoms with Crippen molar-refractivity contribution >= 4 is 63.5 Å². The number of hydrogen-bond acceptors (Lipinski definition) is 11. The van der Waals surface area contributed by atoms with Crippen molar-refractivity contribution in [1.29, 1.82) is 0 Å². The van der Waals surface area contributed by atoms with Gasteiger partial charge in [0.25, 0.3) is 40.5 Å². The molecule has 0 aromatic heterocycles. The van der Waals surface area contributed by atoms with Gasteiger partial charge in [-0.25, -0.2) is 0 Å². The molecule has 2 heterocycles. The van der Waals surface area contributed by atoms with Crippen LogP contribution >= 0.6 is 0 Å². The molecule has 1 amide bonds. The molecule has 0 bridgehead atoms. The molecular weight excluding hydrogens is 889 g/mol. The highest BCUT2D eigenvalue weighted by Gasteiger charge is 2.45. The fourth-order valence-corrected chi connectivity index (χ4v) is 9.87. The fraction of sp³-hybridized carbons (Fsp3) is 0.487. The van der Waals surface area contributed by atoms with Crippen molar-refractivity contribution in [1.82, 2.24) is 5.32 Å². The first-order valence-corrected chi connectivity index (χ1v) is 25.8. The summed E-state index contributed by atoms with van der Waals surface area (Å²) in [5.74, 6) is -1.21. The van der Waals surface area contributed by atoms with Crippen molar-refractivity contribution in [3.63, 3.8) is 0 Å². The average Bonchev–Trinajstić information content (AvgIpc) is 3.51. The highest BCUT2D eigenvalue weighted by molar-refractivity contribution is 7.86. The van der Waals surface area contributed by atoms with Crippen LogP contribution in [0, 0.1) is 0 Å². The third kappa shape index (κ3) is 13.3. The van der Waals surface area contributed by atoms with Crippen molar-refractivity contribution in [3.8, 4) is 0 Å². The molecule has 23 heteroatoms. The lowest BCUT2D eigenvalue weighted by atomic mass is 9.77. The lowest BCUT2D eigenvalue weighted by Gasteiger charge is -2.30. The first-order valence-electron chi connectivity index (χ1n) is 19.7. The van der Waals surface area contributed by atoms with Crippen molar-refractivity contribution in [2.45, 2.75) is 92.8 Å². The molecule has 340 valence electrons. The van der Waals surface area contributed by atoms with Crippen molar-refractivity contribution < 1.29 is 61.3 Å². The maximum Gasteiger partial charge on any atom is 0.294 e. The molecule has 1 atom stereocenters. The summed E-state index contributed by atoms with van der Waals surface area (Å²) < 4.78 is 136. The molecule has 0 saturated carbocycles. The number of unbranched alkanes of at least 4 members (excludes halogenated alkanes) is 2. The summed E-state index contributed by atoms with van der Waals surface area (Å²) in [5.41, 5.74) is 10.2. The zero-order chi connectivity index (χ0) is 46.1.